The molecule has 2 aromatic rings. The molecule has 2 heterocycles. The minimum atomic E-state index is -3.25. The second kappa shape index (κ2) is 6.55. The number of rotatable bonds is 2. The van der Waals surface area contributed by atoms with Crippen LogP contribution in [0.15, 0.2) is 42.5 Å². The van der Waals surface area contributed by atoms with Gasteiger partial charge in [-0.1, -0.05) is 18.9 Å². The Morgan fingerprint density at radius 2 is 1.72 bits per heavy atom. The van der Waals surface area contributed by atoms with Crippen LogP contribution in [0.2, 0.25) is 0 Å². The van der Waals surface area contributed by atoms with Gasteiger partial charge in [-0.2, -0.15) is 0 Å². The van der Waals surface area contributed by atoms with Gasteiger partial charge in [-0.3, -0.25) is 9.10 Å². The quantitative estimate of drug-likeness (QED) is 0.750. The van der Waals surface area contributed by atoms with Crippen LogP contribution in [0.4, 0.5) is 15.8 Å². The van der Waals surface area contributed by atoms with Crippen LogP contribution in [-0.2, 0) is 15.4 Å². The maximum absolute atomic E-state index is 14.7. The van der Waals surface area contributed by atoms with E-state index in [0.29, 0.717) is 42.0 Å². The molecule has 7 heteroatoms. The third-order valence-corrected chi connectivity index (χ3v) is 8.45. The summed E-state index contributed by atoms with van der Waals surface area (Å²) in [5, 5.41) is 0. The van der Waals surface area contributed by atoms with E-state index in [1.54, 1.807) is 35.2 Å². The molecule has 29 heavy (non-hydrogen) atoms. The van der Waals surface area contributed by atoms with Crippen molar-refractivity contribution >= 4 is 27.3 Å². The lowest BCUT2D eigenvalue weighted by Gasteiger charge is -2.25. The second-order valence-corrected chi connectivity index (χ2v) is 10.3. The Morgan fingerprint density at radius 3 is 2.38 bits per heavy atom. The molecule has 2 fully saturated rings. The van der Waals surface area contributed by atoms with Crippen molar-refractivity contribution in [2.24, 2.45) is 0 Å². The van der Waals surface area contributed by atoms with E-state index in [2.05, 4.69) is 0 Å². The lowest BCUT2D eigenvalue weighted by Crippen LogP contribution is -2.35. The Balaban J connectivity index is 1.47. The molecule has 0 unspecified atom stereocenters. The van der Waals surface area contributed by atoms with Crippen molar-refractivity contribution in [3.8, 4) is 0 Å². The fourth-order valence-corrected chi connectivity index (χ4v) is 6.79. The maximum Gasteiger partial charge on any atom is 0.258 e. The SMILES string of the molecule is O=C(c1ccc(N2CCCS2(=O)=O)cc1)N1CC2(CCCC2)c2c(F)cccc21. The zero-order valence-electron chi connectivity index (χ0n) is 16.1. The van der Waals surface area contributed by atoms with Gasteiger partial charge in [-0.15, -0.1) is 0 Å². The van der Waals surface area contributed by atoms with Gasteiger partial charge in [-0.25, -0.2) is 12.8 Å². The van der Waals surface area contributed by atoms with Gasteiger partial charge in [0.05, 0.1) is 17.1 Å². The van der Waals surface area contributed by atoms with E-state index in [1.165, 1.54) is 10.4 Å². The van der Waals surface area contributed by atoms with Gasteiger partial charge in [0.15, 0.2) is 0 Å². The topological polar surface area (TPSA) is 57.7 Å². The summed E-state index contributed by atoms with van der Waals surface area (Å²) in [7, 11) is -3.25. The number of benzene rings is 2. The standard InChI is InChI=1S/C22H23FN2O3S/c23-18-5-3-6-19-20(18)22(11-1-2-12-22)15-24(19)21(26)16-7-9-17(10-8-16)25-13-4-14-29(25,27)28/h3,5-10H,1-2,4,11-15H2. The molecule has 3 aliphatic rings. The van der Waals surface area contributed by atoms with Crippen molar-refractivity contribution in [3.05, 3.63) is 59.4 Å². The number of carbonyl (C=O) groups is 1. The summed E-state index contributed by atoms with van der Waals surface area (Å²) >= 11 is 0. The molecule has 2 aliphatic heterocycles. The largest absolute Gasteiger partial charge is 0.307 e. The fraction of sp³-hybridized carbons (Fsp3) is 0.409. The van der Waals surface area contributed by atoms with E-state index < -0.39 is 10.0 Å². The van der Waals surface area contributed by atoms with Gasteiger partial charge in [0.1, 0.15) is 5.82 Å². The average Bonchev–Trinajstić information content (AvgIpc) is 3.40. The number of fused-ring (bicyclic) bond motifs is 2. The summed E-state index contributed by atoms with van der Waals surface area (Å²) in [4.78, 5) is 15.0. The number of sulfonamides is 1. The first kappa shape index (κ1) is 18.6. The number of halogens is 1. The number of anilines is 2. The molecule has 1 spiro atoms. The Morgan fingerprint density at radius 1 is 1.00 bits per heavy atom. The van der Waals surface area contributed by atoms with Crippen LogP contribution in [0.3, 0.4) is 0 Å². The number of amides is 1. The molecule has 2 aromatic carbocycles. The lowest BCUT2D eigenvalue weighted by atomic mass is 9.80. The summed E-state index contributed by atoms with van der Waals surface area (Å²) in [6, 6.07) is 11.7. The first-order valence-electron chi connectivity index (χ1n) is 10.1. The summed E-state index contributed by atoms with van der Waals surface area (Å²) in [5.74, 6) is -0.239. The van der Waals surface area contributed by atoms with E-state index in [0.717, 1.165) is 25.7 Å². The van der Waals surface area contributed by atoms with E-state index in [4.69, 9.17) is 0 Å². The third-order valence-electron chi connectivity index (χ3n) is 6.58. The highest BCUT2D eigenvalue weighted by atomic mass is 32.2. The van der Waals surface area contributed by atoms with Crippen LogP contribution in [0.1, 0.15) is 48.0 Å². The smallest absolute Gasteiger partial charge is 0.258 e. The van der Waals surface area contributed by atoms with Gasteiger partial charge in [-0.05, 0) is 55.7 Å². The molecule has 0 atom stereocenters. The highest BCUT2D eigenvalue weighted by Gasteiger charge is 2.48. The van der Waals surface area contributed by atoms with E-state index in [1.807, 2.05) is 6.07 Å². The van der Waals surface area contributed by atoms with Crippen LogP contribution in [0.25, 0.3) is 0 Å². The minimum Gasteiger partial charge on any atom is -0.307 e. The predicted octanol–water partition coefficient (Wildman–Crippen LogP) is 3.84. The van der Waals surface area contributed by atoms with Gasteiger partial charge in [0.25, 0.3) is 5.91 Å². The van der Waals surface area contributed by atoms with Crippen LogP contribution < -0.4 is 9.21 Å². The molecule has 0 N–H and O–H groups in total. The van der Waals surface area contributed by atoms with Crippen molar-refractivity contribution in [3.63, 3.8) is 0 Å². The molecule has 152 valence electrons. The number of hydrogen-bond donors (Lipinski definition) is 0. The Bertz CT molecular complexity index is 1080. The molecule has 1 saturated heterocycles. The zero-order chi connectivity index (χ0) is 20.2. The fourth-order valence-electron chi connectivity index (χ4n) is 5.23. The maximum atomic E-state index is 14.7. The third kappa shape index (κ3) is 2.86. The molecule has 1 amide bonds. The Hall–Kier alpha value is -2.41. The highest BCUT2D eigenvalue weighted by Crippen LogP contribution is 2.51. The Kier molecular flexibility index (Phi) is 4.21. The van der Waals surface area contributed by atoms with Crippen molar-refractivity contribution in [2.45, 2.75) is 37.5 Å². The summed E-state index contributed by atoms with van der Waals surface area (Å²) in [6.45, 7) is 0.973. The van der Waals surface area contributed by atoms with Gasteiger partial charge in [0, 0.05) is 29.6 Å². The highest BCUT2D eigenvalue weighted by molar-refractivity contribution is 7.93. The lowest BCUT2D eigenvalue weighted by molar-refractivity contribution is 0.0985. The first-order valence-corrected chi connectivity index (χ1v) is 11.7. The molecule has 0 aromatic heterocycles. The van der Waals surface area contributed by atoms with Gasteiger partial charge < -0.3 is 4.90 Å². The monoisotopic (exact) mass is 414 g/mol. The molecule has 5 nitrogen and oxygen atoms in total. The van der Waals surface area contributed by atoms with Crippen LogP contribution >= 0.6 is 0 Å². The molecule has 1 saturated carbocycles. The van der Waals surface area contributed by atoms with E-state index >= 15 is 0 Å². The minimum absolute atomic E-state index is 0.159. The van der Waals surface area contributed by atoms with Crippen LogP contribution in [0, 0.1) is 5.82 Å². The van der Waals surface area contributed by atoms with Crippen LogP contribution in [0.5, 0.6) is 0 Å². The predicted molar refractivity (Wildman–Crippen MR) is 110 cm³/mol. The van der Waals surface area contributed by atoms with Crippen molar-refractivity contribution < 1.29 is 17.6 Å². The molecule has 1 aliphatic carbocycles. The molecule has 5 rings (SSSR count). The number of nitrogens with zero attached hydrogens (tertiary/aromatic N) is 2. The van der Waals surface area contributed by atoms with Gasteiger partial charge in [0.2, 0.25) is 10.0 Å². The molecule has 0 bridgehead atoms. The van der Waals surface area contributed by atoms with Crippen molar-refractivity contribution in [1.29, 1.82) is 0 Å². The average molecular weight is 415 g/mol. The summed E-state index contributed by atoms with van der Waals surface area (Å²) < 4.78 is 40.4. The summed E-state index contributed by atoms with van der Waals surface area (Å²) in [6.07, 6.45) is 4.51. The number of hydrogen-bond acceptors (Lipinski definition) is 3. The first-order chi connectivity index (χ1) is 13.9. The Labute approximate surface area is 170 Å². The number of carbonyl (C=O) groups excluding carboxylic acids is 1. The second-order valence-electron chi connectivity index (χ2n) is 8.30. The van der Waals surface area contributed by atoms with Crippen molar-refractivity contribution in [2.75, 3.05) is 28.0 Å². The van der Waals surface area contributed by atoms with Gasteiger partial charge >= 0.3 is 0 Å². The van der Waals surface area contributed by atoms with Crippen LogP contribution in [-0.4, -0.2) is 33.2 Å². The summed E-state index contributed by atoms with van der Waals surface area (Å²) in [5.41, 5.74) is 2.14. The molecular weight excluding hydrogens is 391 g/mol. The molecular formula is C22H23FN2O3S. The van der Waals surface area contributed by atoms with E-state index in [9.17, 15) is 17.6 Å². The van der Waals surface area contributed by atoms with Crippen molar-refractivity contribution in [1.82, 2.24) is 0 Å². The molecule has 0 radical (unpaired) electrons. The normalized spacial score (nSPS) is 21.7. The van der Waals surface area contributed by atoms with E-state index in [-0.39, 0.29) is 22.9 Å². The zero-order valence-corrected chi connectivity index (χ0v) is 16.9.